The Morgan fingerprint density at radius 1 is 1.67 bits per heavy atom. The number of aromatic carboxylic acids is 1. The second kappa shape index (κ2) is 4.30. The number of carbonyl (C=O) groups is 1. The standard InChI is InChI=1S/C10H15NO3S/c1-6(2)10(14,5-11)8-7(9(12)13)3-4-15-8/h3-4,6,14H,5,11H2,1-2H3,(H,12,13). The van der Waals surface area contributed by atoms with Gasteiger partial charge in [-0.05, 0) is 17.4 Å². The number of carboxylic acid groups (broad SMARTS) is 1. The molecule has 5 heteroatoms. The lowest BCUT2D eigenvalue weighted by molar-refractivity contribution is 0.00112. The minimum atomic E-state index is -1.25. The first-order valence-electron chi connectivity index (χ1n) is 4.67. The van der Waals surface area contributed by atoms with Gasteiger partial charge < -0.3 is 15.9 Å². The van der Waals surface area contributed by atoms with Crippen molar-refractivity contribution < 1.29 is 15.0 Å². The van der Waals surface area contributed by atoms with Crippen LogP contribution in [0.2, 0.25) is 0 Å². The van der Waals surface area contributed by atoms with E-state index < -0.39 is 11.6 Å². The van der Waals surface area contributed by atoms with Gasteiger partial charge in [-0.1, -0.05) is 13.8 Å². The quantitative estimate of drug-likeness (QED) is 0.725. The van der Waals surface area contributed by atoms with Gasteiger partial charge >= 0.3 is 5.97 Å². The summed E-state index contributed by atoms with van der Waals surface area (Å²) in [5.74, 6) is -1.15. The fourth-order valence-electron chi connectivity index (χ4n) is 1.40. The second-order valence-corrected chi connectivity index (χ2v) is 4.67. The molecule has 1 rings (SSSR count). The van der Waals surface area contributed by atoms with Gasteiger partial charge in [-0.3, -0.25) is 0 Å². The molecule has 0 aliphatic rings. The van der Waals surface area contributed by atoms with Crippen molar-refractivity contribution in [3.05, 3.63) is 21.9 Å². The van der Waals surface area contributed by atoms with Crippen molar-refractivity contribution >= 4 is 17.3 Å². The van der Waals surface area contributed by atoms with Crippen LogP contribution in [0.4, 0.5) is 0 Å². The molecule has 1 unspecified atom stereocenters. The molecular weight excluding hydrogens is 214 g/mol. The largest absolute Gasteiger partial charge is 0.478 e. The number of nitrogens with two attached hydrogens (primary N) is 1. The van der Waals surface area contributed by atoms with E-state index in [4.69, 9.17) is 10.8 Å². The molecule has 1 heterocycles. The number of carboxylic acids is 1. The van der Waals surface area contributed by atoms with E-state index in [0.29, 0.717) is 4.88 Å². The zero-order chi connectivity index (χ0) is 11.6. The van der Waals surface area contributed by atoms with Crippen LogP contribution in [-0.2, 0) is 5.60 Å². The van der Waals surface area contributed by atoms with E-state index in [2.05, 4.69) is 0 Å². The van der Waals surface area contributed by atoms with Crippen molar-refractivity contribution in [3.63, 3.8) is 0 Å². The van der Waals surface area contributed by atoms with Crippen molar-refractivity contribution in [3.8, 4) is 0 Å². The summed E-state index contributed by atoms with van der Waals surface area (Å²) in [7, 11) is 0. The van der Waals surface area contributed by atoms with Crippen LogP contribution < -0.4 is 5.73 Å². The molecule has 4 nitrogen and oxygen atoms in total. The van der Waals surface area contributed by atoms with E-state index >= 15 is 0 Å². The van der Waals surface area contributed by atoms with Crippen LogP contribution in [0.5, 0.6) is 0 Å². The predicted octanol–water partition coefficient (Wildman–Crippen LogP) is 1.25. The summed E-state index contributed by atoms with van der Waals surface area (Å²) in [5.41, 5.74) is 4.42. The van der Waals surface area contributed by atoms with Gasteiger partial charge in [-0.15, -0.1) is 11.3 Å². The molecule has 1 aromatic heterocycles. The van der Waals surface area contributed by atoms with Crippen LogP contribution in [-0.4, -0.2) is 22.7 Å². The summed E-state index contributed by atoms with van der Waals surface area (Å²) in [5, 5.41) is 20.9. The molecule has 0 aliphatic heterocycles. The summed E-state index contributed by atoms with van der Waals surface area (Å²) in [6.45, 7) is 3.65. The number of thiophene rings is 1. The van der Waals surface area contributed by atoms with Gasteiger partial charge in [0.25, 0.3) is 0 Å². The average molecular weight is 229 g/mol. The van der Waals surface area contributed by atoms with E-state index in [1.54, 1.807) is 5.38 Å². The normalized spacial score (nSPS) is 15.3. The molecular formula is C10H15NO3S. The molecule has 0 saturated heterocycles. The molecule has 0 amide bonds. The van der Waals surface area contributed by atoms with E-state index in [0.717, 1.165) is 0 Å². The maximum atomic E-state index is 10.9. The van der Waals surface area contributed by atoms with E-state index in [9.17, 15) is 9.90 Å². The van der Waals surface area contributed by atoms with Crippen LogP contribution in [0.1, 0.15) is 29.1 Å². The molecule has 1 atom stereocenters. The molecule has 4 N–H and O–H groups in total. The third-order valence-electron chi connectivity index (χ3n) is 2.56. The highest BCUT2D eigenvalue weighted by Crippen LogP contribution is 2.34. The minimum Gasteiger partial charge on any atom is -0.478 e. The summed E-state index contributed by atoms with van der Waals surface area (Å²) >= 11 is 1.23. The van der Waals surface area contributed by atoms with Gasteiger partial charge in [0, 0.05) is 6.54 Å². The Morgan fingerprint density at radius 3 is 2.67 bits per heavy atom. The number of hydrogen-bond donors (Lipinski definition) is 3. The van der Waals surface area contributed by atoms with Gasteiger partial charge in [0.1, 0.15) is 5.60 Å². The third kappa shape index (κ3) is 2.04. The van der Waals surface area contributed by atoms with Crippen LogP contribution in [0, 0.1) is 5.92 Å². The topological polar surface area (TPSA) is 83.5 Å². The van der Waals surface area contributed by atoms with Crippen molar-refractivity contribution in [1.29, 1.82) is 0 Å². The lowest BCUT2D eigenvalue weighted by Crippen LogP contribution is -2.40. The molecule has 84 valence electrons. The van der Waals surface area contributed by atoms with Crippen molar-refractivity contribution in [2.75, 3.05) is 6.54 Å². The molecule has 1 aromatic rings. The minimum absolute atomic E-state index is 0.0193. The van der Waals surface area contributed by atoms with Crippen LogP contribution in [0.25, 0.3) is 0 Å². The maximum Gasteiger partial charge on any atom is 0.336 e. The zero-order valence-corrected chi connectivity index (χ0v) is 9.54. The van der Waals surface area contributed by atoms with Crippen LogP contribution in [0.15, 0.2) is 11.4 Å². The first-order valence-corrected chi connectivity index (χ1v) is 5.55. The number of hydrogen-bond acceptors (Lipinski definition) is 4. The Morgan fingerprint density at radius 2 is 2.27 bits per heavy atom. The molecule has 0 bridgehead atoms. The highest BCUT2D eigenvalue weighted by molar-refractivity contribution is 7.10. The highest BCUT2D eigenvalue weighted by atomic mass is 32.1. The van der Waals surface area contributed by atoms with Crippen molar-refractivity contribution in [2.45, 2.75) is 19.4 Å². The number of aliphatic hydroxyl groups is 1. The molecule has 0 fully saturated rings. The lowest BCUT2D eigenvalue weighted by Gasteiger charge is -2.30. The SMILES string of the molecule is CC(C)C(O)(CN)c1sccc1C(=O)O. The number of rotatable bonds is 4. The summed E-state index contributed by atoms with van der Waals surface area (Å²) in [6.07, 6.45) is 0. The maximum absolute atomic E-state index is 10.9. The molecule has 0 saturated carbocycles. The molecule has 0 aromatic carbocycles. The van der Waals surface area contributed by atoms with Gasteiger partial charge in [0.15, 0.2) is 0 Å². The van der Waals surface area contributed by atoms with E-state index in [-0.39, 0.29) is 18.0 Å². The van der Waals surface area contributed by atoms with Crippen LogP contribution >= 0.6 is 11.3 Å². The molecule has 0 spiro atoms. The Labute approximate surface area is 92.4 Å². The third-order valence-corrected chi connectivity index (χ3v) is 3.64. The fraction of sp³-hybridized carbons (Fsp3) is 0.500. The zero-order valence-electron chi connectivity index (χ0n) is 8.73. The van der Waals surface area contributed by atoms with Gasteiger partial charge in [0.05, 0.1) is 10.4 Å². The van der Waals surface area contributed by atoms with E-state index in [1.165, 1.54) is 17.4 Å². The summed E-state index contributed by atoms with van der Waals surface area (Å²) in [4.78, 5) is 11.4. The predicted molar refractivity (Wildman–Crippen MR) is 59.1 cm³/mol. The van der Waals surface area contributed by atoms with E-state index in [1.807, 2.05) is 13.8 Å². The second-order valence-electron chi connectivity index (χ2n) is 3.75. The van der Waals surface area contributed by atoms with Crippen LogP contribution in [0.3, 0.4) is 0 Å². The Bertz CT molecular complexity index is 361. The summed E-state index contributed by atoms with van der Waals surface area (Å²) in [6, 6.07) is 1.49. The highest BCUT2D eigenvalue weighted by Gasteiger charge is 2.36. The Balaban J connectivity index is 3.24. The van der Waals surface area contributed by atoms with Crippen molar-refractivity contribution in [1.82, 2.24) is 0 Å². The average Bonchev–Trinajstić information content (AvgIpc) is 2.64. The summed E-state index contributed by atoms with van der Waals surface area (Å²) < 4.78 is 0. The Hall–Kier alpha value is -0.910. The molecule has 0 radical (unpaired) electrons. The van der Waals surface area contributed by atoms with Gasteiger partial charge in [0.2, 0.25) is 0 Å². The van der Waals surface area contributed by atoms with Gasteiger partial charge in [-0.2, -0.15) is 0 Å². The smallest absolute Gasteiger partial charge is 0.336 e. The Kier molecular flexibility index (Phi) is 3.49. The molecule has 15 heavy (non-hydrogen) atoms. The molecule has 0 aliphatic carbocycles. The van der Waals surface area contributed by atoms with Gasteiger partial charge in [-0.25, -0.2) is 4.79 Å². The first kappa shape index (κ1) is 12.2. The monoisotopic (exact) mass is 229 g/mol. The van der Waals surface area contributed by atoms with Crippen molar-refractivity contribution in [2.24, 2.45) is 11.7 Å². The first-order chi connectivity index (χ1) is 6.93. The lowest BCUT2D eigenvalue weighted by atomic mass is 9.87. The fourth-order valence-corrected chi connectivity index (χ4v) is 2.55.